The fourth-order valence-electron chi connectivity index (χ4n) is 1.35. The highest BCUT2D eigenvalue weighted by Gasteiger charge is 2.09. The van der Waals surface area contributed by atoms with Crippen LogP contribution in [0.25, 0.3) is 0 Å². The van der Waals surface area contributed by atoms with Gasteiger partial charge in [0.15, 0.2) is 5.75 Å². The summed E-state index contributed by atoms with van der Waals surface area (Å²) in [4.78, 5) is 0. The van der Waals surface area contributed by atoms with Crippen LogP contribution in [0.5, 0.6) is 11.5 Å². The molecule has 0 saturated heterocycles. The first-order valence-electron chi connectivity index (χ1n) is 4.84. The predicted octanol–water partition coefficient (Wildman–Crippen LogP) is 4.76. The van der Waals surface area contributed by atoms with Gasteiger partial charge in [0, 0.05) is 22.7 Å². The van der Waals surface area contributed by atoms with Crippen LogP contribution in [0.15, 0.2) is 34.8 Å². The highest BCUT2D eigenvalue weighted by molar-refractivity contribution is 9.10. The number of hydrogen-bond donors (Lipinski definition) is 1. The van der Waals surface area contributed by atoms with E-state index >= 15 is 0 Å². The van der Waals surface area contributed by atoms with Gasteiger partial charge in [0.1, 0.15) is 17.4 Å². The van der Waals surface area contributed by atoms with Crippen LogP contribution in [-0.2, 0) is 0 Å². The Balaban J connectivity index is 2.36. The Morgan fingerprint density at radius 3 is 2.50 bits per heavy atom. The maximum atomic E-state index is 13.1. The Morgan fingerprint density at radius 2 is 1.83 bits per heavy atom. The van der Waals surface area contributed by atoms with Gasteiger partial charge in [0.25, 0.3) is 0 Å². The second kappa shape index (κ2) is 5.12. The zero-order valence-electron chi connectivity index (χ0n) is 8.88. The maximum absolute atomic E-state index is 13.1. The maximum Gasteiger partial charge on any atom is 0.152 e. The molecule has 0 saturated carbocycles. The van der Waals surface area contributed by atoms with E-state index in [2.05, 4.69) is 15.9 Å². The van der Waals surface area contributed by atoms with Crippen molar-refractivity contribution < 1.29 is 13.5 Å². The van der Waals surface area contributed by atoms with E-state index in [0.717, 1.165) is 6.07 Å². The average molecular weight is 335 g/mol. The highest BCUT2D eigenvalue weighted by Crippen LogP contribution is 2.33. The van der Waals surface area contributed by atoms with E-state index < -0.39 is 11.6 Å². The summed E-state index contributed by atoms with van der Waals surface area (Å²) < 4.78 is 32.1. The molecule has 0 heterocycles. The summed E-state index contributed by atoms with van der Waals surface area (Å²) in [5.74, 6) is -0.705. The summed E-state index contributed by atoms with van der Waals surface area (Å²) in [5, 5.41) is -0.116. The first kappa shape index (κ1) is 13.1. The zero-order valence-corrected chi connectivity index (χ0v) is 11.2. The van der Waals surface area contributed by atoms with E-state index in [1.807, 2.05) is 0 Å². The van der Waals surface area contributed by atoms with Crippen LogP contribution < -0.4 is 10.5 Å². The normalized spacial score (nSPS) is 10.4. The minimum Gasteiger partial charge on any atom is -0.455 e. The molecule has 0 unspecified atom stereocenters. The van der Waals surface area contributed by atoms with E-state index in [1.165, 1.54) is 18.2 Å². The smallest absolute Gasteiger partial charge is 0.152 e. The molecular weight excluding hydrogens is 327 g/mol. The van der Waals surface area contributed by atoms with Gasteiger partial charge in [-0.25, -0.2) is 8.78 Å². The molecule has 0 radical (unpaired) electrons. The number of hydrogen-bond acceptors (Lipinski definition) is 2. The third kappa shape index (κ3) is 2.91. The standard InChI is InChI=1S/C12H7BrClF2NO/c13-6-1-7(15)3-8(2-6)18-12-4-9(14)10(16)5-11(12)17/h1-5H,17H2. The number of halogens is 4. The first-order valence-corrected chi connectivity index (χ1v) is 6.01. The van der Waals surface area contributed by atoms with Gasteiger partial charge in [-0.1, -0.05) is 27.5 Å². The molecule has 94 valence electrons. The van der Waals surface area contributed by atoms with Crippen molar-refractivity contribution in [1.29, 1.82) is 0 Å². The summed E-state index contributed by atoms with van der Waals surface area (Å²) in [6, 6.07) is 6.31. The molecule has 0 aliphatic carbocycles. The van der Waals surface area contributed by atoms with Crippen molar-refractivity contribution in [2.45, 2.75) is 0 Å². The van der Waals surface area contributed by atoms with Crippen molar-refractivity contribution in [3.05, 3.63) is 51.5 Å². The molecule has 2 aromatic carbocycles. The summed E-state index contributed by atoms with van der Waals surface area (Å²) in [6.07, 6.45) is 0. The lowest BCUT2D eigenvalue weighted by molar-refractivity contribution is 0.477. The topological polar surface area (TPSA) is 35.2 Å². The molecule has 18 heavy (non-hydrogen) atoms. The lowest BCUT2D eigenvalue weighted by Gasteiger charge is -2.09. The molecule has 0 fully saturated rings. The fraction of sp³-hybridized carbons (Fsp3) is 0. The molecule has 2 rings (SSSR count). The van der Waals surface area contributed by atoms with Crippen LogP contribution >= 0.6 is 27.5 Å². The molecule has 0 aliphatic heterocycles. The third-order valence-corrected chi connectivity index (χ3v) is 2.86. The number of nitrogens with two attached hydrogens (primary N) is 1. The molecule has 0 bridgehead atoms. The fourth-order valence-corrected chi connectivity index (χ4v) is 1.94. The van der Waals surface area contributed by atoms with Crippen molar-refractivity contribution >= 4 is 33.2 Å². The third-order valence-electron chi connectivity index (χ3n) is 2.12. The summed E-state index contributed by atoms with van der Waals surface area (Å²) >= 11 is 8.75. The van der Waals surface area contributed by atoms with Gasteiger partial charge in [-0.2, -0.15) is 0 Å². The van der Waals surface area contributed by atoms with E-state index in [0.29, 0.717) is 4.47 Å². The minimum atomic E-state index is -0.637. The van der Waals surface area contributed by atoms with Crippen LogP contribution in [0.1, 0.15) is 0 Å². The van der Waals surface area contributed by atoms with Gasteiger partial charge in [0.05, 0.1) is 10.7 Å². The van der Waals surface area contributed by atoms with Gasteiger partial charge in [-0.3, -0.25) is 0 Å². The summed E-state index contributed by atoms with van der Waals surface area (Å²) in [5.41, 5.74) is 5.67. The van der Waals surface area contributed by atoms with Crippen LogP contribution in [0, 0.1) is 11.6 Å². The Kier molecular flexibility index (Phi) is 3.73. The number of benzene rings is 2. The molecule has 2 nitrogen and oxygen atoms in total. The quantitative estimate of drug-likeness (QED) is 0.804. The van der Waals surface area contributed by atoms with Crippen LogP contribution in [-0.4, -0.2) is 0 Å². The van der Waals surface area contributed by atoms with Gasteiger partial charge in [0.2, 0.25) is 0 Å². The first-order chi connectivity index (χ1) is 8.45. The molecule has 2 N–H and O–H groups in total. The van der Waals surface area contributed by atoms with Crippen LogP contribution in [0.3, 0.4) is 0 Å². The lowest BCUT2D eigenvalue weighted by Crippen LogP contribution is -1.94. The van der Waals surface area contributed by atoms with Crippen LogP contribution in [0.4, 0.5) is 14.5 Å². The minimum absolute atomic E-state index is 0.0808. The second-order valence-electron chi connectivity index (χ2n) is 3.51. The molecule has 2 aromatic rings. The largest absolute Gasteiger partial charge is 0.455 e. The van der Waals surface area contributed by atoms with Crippen molar-refractivity contribution in [3.63, 3.8) is 0 Å². The molecular formula is C12H7BrClF2NO. The van der Waals surface area contributed by atoms with Crippen molar-refractivity contribution in [2.24, 2.45) is 0 Å². The van der Waals surface area contributed by atoms with E-state index in [4.69, 9.17) is 22.1 Å². The number of rotatable bonds is 2. The van der Waals surface area contributed by atoms with Crippen molar-refractivity contribution in [1.82, 2.24) is 0 Å². The van der Waals surface area contributed by atoms with Gasteiger partial charge in [-0.05, 0) is 12.1 Å². The summed E-state index contributed by atoms with van der Waals surface area (Å²) in [6.45, 7) is 0. The Hall–Kier alpha value is -1.33. The SMILES string of the molecule is Nc1cc(F)c(Cl)cc1Oc1cc(F)cc(Br)c1. The molecule has 0 aromatic heterocycles. The molecule has 0 amide bonds. The van der Waals surface area contributed by atoms with Crippen LogP contribution in [0.2, 0.25) is 5.02 Å². The molecule has 0 aliphatic rings. The van der Waals surface area contributed by atoms with Gasteiger partial charge in [-0.15, -0.1) is 0 Å². The molecule has 6 heteroatoms. The molecule has 0 atom stereocenters. The Morgan fingerprint density at radius 1 is 1.11 bits per heavy atom. The number of anilines is 1. The molecule has 0 spiro atoms. The van der Waals surface area contributed by atoms with E-state index in [9.17, 15) is 8.78 Å². The van der Waals surface area contributed by atoms with E-state index in [1.54, 1.807) is 6.07 Å². The number of nitrogen functional groups attached to an aromatic ring is 1. The van der Waals surface area contributed by atoms with Gasteiger partial charge < -0.3 is 10.5 Å². The van der Waals surface area contributed by atoms with Crippen molar-refractivity contribution in [3.8, 4) is 11.5 Å². The van der Waals surface area contributed by atoms with E-state index in [-0.39, 0.29) is 22.2 Å². The predicted molar refractivity (Wildman–Crippen MR) is 70.0 cm³/mol. The monoisotopic (exact) mass is 333 g/mol. The second-order valence-corrected chi connectivity index (χ2v) is 4.83. The average Bonchev–Trinajstić information content (AvgIpc) is 2.24. The Bertz CT molecular complexity index is 587. The number of ether oxygens (including phenoxy) is 1. The highest BCUT2D eigenvalue weighted by atomic mass is 79.9. The zero-order chi connectivity index (χ0) is 13.3. The Labute approximate surface area is 115 Å². The lowest BCUT2D eigenvalue weighted by atomic mass is 10.3. The van der Waals surface area contributed by atoms with Crippen molar-refractivity contribution in [2.75, 3.05) is 5.73 Å². The summed E-state index contributed by atoms with van der Waals surface area (Å²) in [7, 11) is 0. The van der Waals surface area contributed by atoms with Gasteiger partial charge >= 0.3 is 0 Å².